The lowest BCUT2D eigenvalue weighted by molar-refractivity contribution is -0.122. The van der Waals surface area contributed by atoms with Crippen LogP contribution in [-0.4, -0.2) is 26.6 Å². The maximum Gasteiger partial charge on any atom is 0.260 e. The molecule has 1 saturated heterocycles. The summed E-state index contributed by atoms with van der Waals surface area (Å²) in [6, 6.07) is 20.4. The van der Waals surface area contributed by atoms with Gasteiger partial charge >= 0.3 is 0 Å². The number of carbonyl (C=O) groups excluding carboxylic acids is 2. The van der Waals surface area contributed by atoms with Crippen molar-refractivity contribution in [3.05, 3.63) is 83.9 Å². The highest BCUT2D eigenvalue weighted by molar-refractivity contribution is 6.21. The molecule has 2 amide bonds. The normalized spacial score (nSPS) is 26.6. The van der Waals surface area contributed by atoms with Gasteiger partial charge in [-0.25, -0.2) is 9.58 Å². The summed E-state index contributed by atoms with van der Waals surface area (Å²) in [7, 11) is 0. The van der Waals surface area contributed by atoms with Crippen LogP contribution in [0.2, 0.25) is 0 Å². The average molecular weight is 425 g/mol. The van der Waals surface area contributed by atoms with Gasteiger partial charge in [0.15, 0.2) is 0 Å². The summed E-state index contributed by atoms with van der Waals surface area (Å²) in [5, 5.41) is 8.16. The zero-order chi connectivity index (χ0) is 21.7. The quantitative estimate of drug-likeness (QED) is 0.509. The van der Waals surface area contributed by atoms with Crippen molar-refractivity contribution >= 4 is 23.7 Å². The number of hydrogen-bond donors (Lipinski definition) is 1. The first kappa shape index (κ1) is 19.0. The van der Waals surface area contributed by atoms with Crippen molar-refractivity contribution in [2.24, 2.45) is 11.8 Å². The van der Waals surface area contributed by atoms with Crippen molar-refractivity contribution in [2.75, 3.05) is 10.2 Å². The van der Waals surface area contributed by atoms with Gasteiger partial charge in [0.05, 0.1) is 23.9 Å². The fraction of sp³-hybridized carbons (Fsp3) is 0.280. The van der Waals surface area contributed by atoms with Crippen molar-refractivity contribution in [3.8, 4) is 0 Å². The van der Waals surface area contributed by atoms with Gasteiger partial charge in [0.25, 0.3) is 5.95 Å². The lowest BCUT2D eigenvalue weighted by Gasteiger charge is -2.31. The highest BCUT2D eigenvalue weighted by atomic mass is 16.2. The lowest BCUT2D eigenvalue weighted by atomic mass is 9.85. The van der Waals surface area contributed by atoms with Crippen molar-refractivity contribution < 1.29 is 9.59 Å². The molecular weight excluding hydrogens is 402 g/mol. The van der Waals surface area contributed by atoms with E-state index in [1.165, 1.54) is 4.90 Å². The van der Waals surface area contributed by atoms with Crippen LogP contribution in [0.3, 0.4) is 0 Å². The molecule has 3 aliphatic rings. The zero-order valence-corrected chi connectivity index (χ0v) is 17.5. The van der Waals surface area contributed by atoms with E-state index in [0.717, 1.165) is 17.5 Å². The van der Waals surface area contributed by atoms with Gasteiger partial charge in [-0.1, -0.05) is 72.8 Å². The molecule has 7 nitrogen and oxygen atoms in total. The van der Waals surface area contributed by atoms with E-state index in [1.54, 1.807) is 0 Å². The number of amides is 2. The van der Waals surface area contributed by atoms with Crippen LogP contribution in [0.1, 0.15) is 42.5 Å². The Kier molecular flexibility index (Phi) is 4.41. The number of allylic oxidation sites excluding steroid dienone is 2. The first-order valence-corrected chi connectivity index (χ1v) is 11.1. The fourth-order valence-electron chi connectivity index (χ4n) is 5.11. The maximum absolute atomic E-state index is 13.1. The summed E-state index contributed by atoms with van der Waals surface area (Å²) in [5.74, 6) is -0.244. The molecule has 0 unspecified atom stereocenters. The van der Waals surface area contributed by atoms with Gasteiger partial charge in [-0.15, -0.1) is 5.10 Å². The summed E-state index contributed by atoms with van der Waals surface area (Å²) in [4.78, 5) is 32.0. The molecule has 0 spiro atoms. The number of carbonyl (C=O) groups is 2. The Balaban J connectivity index is 1.40. The van der Waals surface area contributed by atoms with E-state index in [0.29, 0.717) is 18.8 Å². The lowest BCUT2D eigenvalue weighted by Crippen LogP contribution is -2.32. The van der Waals surface area contributed by atoms with Crippen LogP contribution in [0, 0.1) is 11.8 Å². The molecule has 6 rings (SSSR count). The van der Waals surface area contributed by atoms with Gasteiger partial charge in [-0.05, 0) is 30.4 Å². The predicted octanol–water partition coefficient (Wildman–Crippen LogP) is 3.88. The molecule has 3 aromatic rings. The van der Waals surface area contributed by atoms with Crippen LogP contribution in [0.25, 0.3) is 0 Å². The minimum atomic E-state index is -0.303. The smallest absolute Gasteiger partial charge is 0.260 e. The third kappa shape index (κ3) is 2.96. The average Bonchev–Trinajstić information content (AvgIpc) is 3.38. The molecule has 1 N–H and O–H groups in total. The maximum atomic E-state index is 13.1. The van der Waals surface area contributed by atoms with Crippen LogP contribution in [0.15, 0.2) is 72.8 Å². The van der Waals surface area contributed by atoms with E-state index in [9.17, 15) is 9.59 Å². The molecular formula is C25H23N5O2. The Morgan fingerprint density at radius 2 is 1.41 bits per heavy atom. The number of hydrogen-bond acceptors (Lipinski definition) is 5. The van der Waals surface area contributed by atoms with Crippen molar-refractivity contribution in [1.82, 2.24) is 14.8 Å². The second-order valence-electron chi connectivity index (χ2n) is 8.62. The van der Waals surface area contributed by atoms with Gasteiger partial charge in [0.2, 0.25) is 17.8 Å². The molecule has 1 fully saturated rings. The molecule has 32 heavy (non-hydrogen) atoms. The number of anilines is 2. The Morgan fingerprint density at radius 1 is 0.812 bits per heavy atom. The molecule has 3 heterocycles. The minimum absolute atomic E-state index is 0.0442. The number of imide groups is 1. The molecule has 1 aromatic heterocycles. The minimum Gasteiger partial charge on any atom is -0.347 e. The second-order valence-corrected chi connectivity index (χ2v) is 8.62. The Morgan fingerprint density at radius 3 is 2.03 bits per heavy atom. The molecule has 2 aromatic carbocycles. The molecule has 0 radical (unpaired) electrons. The Labute approximate surface area is 185 Å². The van der Waals surface area contributed by atoms with Gasteiger partial charge in [0.1, 0.15) is 0 Å². The summed E-state index contributed by atoms with van der Waals surface area (Å²) >= 11 is 0. The van der Waals surface area contributed by atoms with E-state index in [2.05, 4.69) is 39.7 Å². The Hall–Kier alpha value is -3.74. The van der Waals surface area contributed by atoms with Crippen molar-refractivity contribution in [1.29, 1.82) is 0 Å². The molecule has 7 heteroatoms. The van der Waals surface area contributed by atoms with Gasteiger partial charge in [-0.3, -0.25) is 9.59 Å². The van der Waals surface area contributed by atoms with Crippen LogP contribution >= 0.6 is 0 Å². The van der Waals surface area contributed by atoms with E-state index >= 15 is 0 Å². The standard InChI is InChI=1S/C25H23N5O2/c31-22-18-13-7-8-14-19(18)23(32)29(22)25-27-24-26-20(16-9-3-1-4-10-16)15-21(30(24)28-25)17-11-5-2-6-12-17/h1-12,18-21H,13-15H2,(H,26,27,28)/t18-,19+,20-,21-/m1/s1. The van der Waals surface area contributed by atoms with Crippen LogP contribution < -0.4 is 10.2 Å². The third-order valence-electron chi connectivity index (χ3n) is 6.77. The first-order chi connectivity index (χ1) is 15.7. The van der Waals surface area contributed by atoms with E-state index in [4.69, 9.17) is 0 Å². The third-order valence-corrected chi connectivity index (χ3v) is 6.77. The van der Waals surface area contributed by atoms with E-state index < -0.39 is 0 Å². The highest BCUT2D eigenvalue weighted by Crippen LogP contribution is 2.41. The monoisotopic (exact) mass is 425 g/mol. The zero-order valence-electron chi connectivity index (χ0n) is 17.5. The first-order valence-electron chi connectivity index (χ1n) is 11.1. The number of nitrogens with zero attached hydrogens (tertiary/aromatic N) is 4. The topological polar surface area (TPSA) is 80.1 Å². The molecule has 4 atom stereocenters. The summed E-state index contributed by atoms with van der Waals surface area (Å²) in [6.45, 7) is 0. The van der Waals surface area contributed by atoms with Crippen LogP contribution in [0.5, 0.6) is 0 Å². The van der Waals surface area contributed by atoms with Gasteiger partial charge in [0, 0.05) is 0 Å². The number of fused-ring (bicyclic) bond motifs is 2. The highest BCUT2D eigenvalue weighted by Gasteiger charge is 2.49. The van der Waals surface area contributed by atoms with Crippen molar-refractivity contribution in [2.45, 2.75) is 31.3 Å². The largest absolute Gasteiger partial charge is 0.347 e. The van der Waals surface area contributed by atoms with E-state index in [1.807, 2.05) is 53.2 Å². The number of rotatable bonds is 3. The molecule has 0 saturated carbocycles. The molecule has 2 aliphatic heterocycles. The molecule has 160 valence electrons. The predicted molar refractivity (Wildman–Crippen MR) is 120 cm³/mol. The summed E-state index contributed by atoms with van der Waals surface area (Å²) in [5.41, 5.74) is 2.28. The number of nitrogens with one attached hydrogen (secondary N) is 1. The fourth-order valence-corrected chi connectivity index (χ4v) is 5.11. The Bertz CT molecular complexity index is 1180. The van der Waals surface area contributed by atoms with Crippen LogP contribution in [-0.2, 0) is 9.59 Å². The number of aromatic nitrogens is 3. The number of benzene rings is 2. The van der Waals surface area contributed by atoms with Crippen molar-refractivity contribution in [3.63, 3.8) is 0 Å². The van der Waals surface area contributed by atoms with Crippen LogP contribution in [0.4, 0.5) is 11.9 Å². The second kappa shape index (κ2) is 7.44. The SMILES string of the molecule is O=C1[C@H]2CC=CC[C@H]2C(=O)N1c1nc2n(n1)[C@@H](c1ccccc1)C[C@H](c1ccccc1)N2. The summed E-state index contributed by atoms with van der Waals surface area (Å²) < 4.78 is 1.82. The van der Waals surface area contributed by atoms with E-state index in [-0.39, 0.29) is 41.7 Å². The van der Waals surface area contributed by atoms with Gasteiger partial charge < -0.3 is 5.32 Å². The molecule has 0 bridgehead atoms. The molecule has 1 aliphatic carbocycles. The summed E-state index contributed by atoms with van der Waals surface area (Å²) in [6.07, 6.45) is 5.94. The van der Waals surface area contributed by atoms with Gasteiger partial charge in [-0.2, -0.15) is 4.98 Å².